The summed E-state index contributed by atoms with van der Waals surface area (Å²) in [5.41, 5.74) is 3.73. The fourth-order valence-electron chi connectivity index (χ4n) is 2.09. The van der Waals surface area contributed by atoms with E-state index in [4.69, 9.17) is 5.11 Å². The van der Waals surface area contributed by atoms with E-state index in [1.807, 2.05) is 31.2 Å². The van der Waals surface area contributed by atoms with E-state index in [0.717, 1.165) is 33.5 Å². The van der Waals surface area contributed by atoms with E-state index in [1.165, 1.54) is 0 Å². The summed E-state index contributed by atoms with van der Waals surface area (Å²) in [6.45, 7) is 1.97. The molecule has 0 aliphatic carbocycles. The minimum absolute atomic E-state index is 0.120. The van der Waals surface area contributed by atoms with Crippen LogP contribution in [0.5, 0.6) is 0 Å². The van der Waals surface area contributed by atoms with Crippen molar-refractivity contribution < 1.29 is 9.90 Å². The fourth-order valence-corrected chi connectivity index (χ4v) is 2.74. The van der Waals surface area contributed by atoms with Gasteiger partial charge in [-0.1, -0.05) is 18.2 Å². The number of para-hydroxylation sites is 1. The second-order valence-corrected chi connectivity index (χ2v) is 4.87. The molecule has 5 heteroatoms. The van der Waals surface area contributed by atoms with Gasteiger partial charge in [0.05, 0.1) is 5.69 Å². The number of hydrogen-bond donors (Lipinski definition) is 2. The predicted molar refractivity (Wildman–Crippen MR) is 71.1 cm³/mol. The molecule has 0 aliphatic rings. The molecule has 0 spiro atoms. The number of H-pyrrole nitrogens is 1. The number of benzene rings is 1. The number of fused-ring (bicyclic) bond motifs is 1. The highest BCUT2D eigenvalue weighted by atomic mass is 32.1. The van der Waals surface area contributed by atoms with Crippen molar-refractivity contribution in [3.63, 3.8) is 0 Å². The van der Waals surface area contributed by atoms with Crippen LogP contribution in [0.2, 0.25) is 0 Å². The number of carboxylic acids is 1. The molecule has 18 heavy (non-hydrogen) atoms. The Labute approximate surface area is 107 Å². The minimum Gasteiger partial charge on any atom is -0.476 e. The Balaban J connectivity index is 2.24. The number of aryl methyl sites for hydroxylation is 1. The quantitative estimate of drug-likeness (QED) is 0.741. The van der Waals surface area contributed by atoms with Crippen LogP contribution in [0.3, 0.4) is 0 Å². The van der Waals surface area contributed by atoms with Gasteiger partial charge in [-0.25, -0.2) is 9.78 Å². The zero-order valence-corrected chi connectivity index (χ0v) is 10.4. The molecule has 0 saturated heterocycles. The second kappa shape index (κ2) is 3.96. The van der Waals surface area contributed by atoms with Crippen LogP contribution >= 0.6 is 11.3 Å². The van der Waals surface area contributed by atoms with Gasteiger partial charge in [0, 0.05) is 27.5 Å². The van der Waals surface area contributed by atoms with Crippen LogP contribution in [0.15, 0.2) is 29.6 Å². The third kappa shape index (κ3) is 1.60. The number of aromatic nitrogens is 2. The molecule has 0 unspecified atom stereocenters. The lowest BCUT2D eigenvalue weighted by molar-refractivity contribution is 0.0696. The normalized spacial score (nSPS) is 10.9. The Hall–Kier alpha value is -2.14. The molecule has 0 saturated carbocycles. The van der Waals surface area contributed by atoms with Crippen molar-refractivity contribution in [2.75, 3.05) is 0 Å². The highest BCUT2D eigenvalue weighted by Crippen LogP contribution is 2.32. The fraction of sp³-hybridized carbons (Fsp3) is 0.0769. The molecule has 0 atom stereocenters. The summed E-state index contributed by atoms with van der Waals surface area (Å²) >= 11 is 1.15. The zero-order valence-electron chi connectivity index (χ0n) is 9.60. The summed E-state index contributed by atoms with van der Waals surface area (Å²) in [4.78, 5) is 18.3. The summed E-state index contributed by atoms with van der Waals surface area (Å²) in [5.74, 6) is -0.983. The Morgan fingerprint density at radius 2 is 2.17 bits per heavy atom. The molecular formula is C13H10N2O2S. The highest BCUT2D eigenvalue weighted by molar-refractivity contribution is 7.11. The first-order valence-electron chi connectivity index (χ1n) is 5.43. The molecule has 0 amide bonds. The van der Waals surface area contributed by atoms with E-state index in [9.17, 15) is 4.79 Å². The number of nitrogens with one attached hydrogen (secondary N) is 1. The van der Waals surface area contributed by atoms with Crippen molar-refractivity contribution in [1.82, 2.24) is 9.97 Å². The molecule has 0 aliphatic heterocycles. The smallest absolute Gasteiger partial charge is 0.365 e. The third-order valence-electron chi connectivity index (χ3n) is 2.84. The summed E-state index contributed by atoms with van der Waals surface area (Å²) < 4.78 is 0. The van der Waals surface area contributed by atoms with E-state index in [1.54, 1.807) is 5.38 Å². The van der Waals surface area contributed by atoms with Gasteiger partial charge in [0.25, 0.3) is 0 Å². The molecule has 0 radical (unpaired) electrons. The van der Waals surface area contributed by atoms with Crippen LogP contribution in [0, 0.1) is 6.92 Å². The van der Waals surface area contributed by atoms with Crippen LogP contribution in [0.1, 0.15) is 15.5 Å². The van der Waals surface area contributed by atoms with Gasteiger partial charge < -0.3 is 10.1 Å². The number of carboxylic acid groups (broad SMARTS) is 1. The molecule has 2 aromatic heterocycles. The topological polar surface area (TPSA) is 66.0 Å². The maximum Gasteiger partial charge on any atom is 0.365 e. The molecule has 1 aromatic carbocycles. The van der Waals surface area contributed by atoms with Gasteiger partial charge in [0.15, 0.2) is 0 Å². The first-order chi connectivity index (χ1) is 8.66. The molecule has 2 N–H and O–H groups in total. The Bertz CT molecular complexity index is 742. The summed E-state index contributed by atoms with van der Waals surface area (Å²) in [5, 5.41) is 11.9. The first kappa shape index (κ1) is 11.0. The number of aromatic carboxylic acids is 1. The molecule has 3 aromatic rings. The Kier molecular flexibility index (Phi) is 2.41. The number of aromatic amines is 1. The van der Waals surface area contributed by atoms with Crippen LogP contribution < -0.4 is 0 Å². The molecule has 3 rings (SSSR count). The van der Waals surface area contributed by atoms with Gasteiger partial charge in [-0.15, -0.1) is 11.3 Å². The van der Waals surface area contributed by atoms with E-state index >= 15 is 0 Å². The van der Waals surface area contributed by atoms with Gasteiger partial charge in [-0.3, -0.25) is 0 Å². The maximum atomic E-state index is 10.9. The molecular weight excluding hydrogens is 248 g/mol. The van der Waals surface area contributed by atoms with E-state index in [2.05, 4.69) is 9.97 Å². The van der Waals surface area contributed by atoms with Crippen LogP contribution in [0.4, 0.5) is 0 Å². The zero-order chi connectivity index (χ0) is 12.7. The lowest BCUT2D eigenvalue weighted by Crippen LogP contribution is -1.94. The highest BCUT2D eigenvalue weighted by Gasteiger charge is 2.15. The van der Waals surface area contributed by atoms with Gasteiger partial charge >= 0.3 is 5.97 Å². The summed E-state index contributed by atoms with van der Waals surface area (Å²) in [7, 11) is 0. The van der Waals surface area contributed by atoms with Gasteiger partial charge in [0.2, 0.25) is 5.01 Å². The van der Waals surface area contributed by atoms with Crippen molar-refractivity contribution >= 4 is 28.2 Å². The number of nitrogens with zero attached hydrogens (tertiary/aromatic N) is 1. The SMILES string of the molecule is Cc1[nH]c2ccccc2c1-c1csc(C(=O)O)n1. The Morgan fingerprint density at radius 1 is 1.39 bits per heavy atom. The molecule has 4 nitrogen and oxygen atoms in total. The first-order valence-corrected chi connectivity index (χ1v) is 6.31. The Morgan fingerprint density at radius 3 is 2.89 bits per heavy atom. The number of thiazole rings is 1. The molecule has 0 bridgehead atoms. The van der Waals surface area contributed by atoms with Crippen LogP contribution in [-0.2, 0) is 0 Å². The number of carbonyl (C=O) groups is 1. The van der Waals surface area contributed by atoms with Crippen LogP contribution in [-0.4, -0.2) is 21.0 Å². The van der Waals surface area contributed by atoms with Gasteiger partial charge in [-0.05, 0) is 13.0 Å². The van der Waals surface area contributed by atoms with Crippen molar-refractivity contribution in [2.24, 2.45) is 0 Å². The lowest BCUT2D eigenvalue weighted by atomic mass is 10.1. The van der Waals surface area contributed by atoms with Crippen molar-refractivity contribution in [3.05, 3.63) is 40.3 Å². The van der Waals surface area contributed by atoms with E-state index < -0.39 is 5.97 Å². The second-order valence-electron chi connectivity index (χ2n) is 4.01. The average Bonchev–Trinajstić information content (AvgIpc) is 2.91. The van der Waals surface area contributed by atoms with Crippen LogP contribution in [0.25, 0.3) is 22.2 Å². The average molecular weight is 258 g/mol. The maximum absolute atomic E-state index is 10.9. The number of hydrogen-bond acceptors (Lipinski definition) is 3. The molecule has 2 heterocycles. The van der Waals surface area contributed by atoms with Crippen molar-refractivity contribution in [2.45, 2.75) is 6.92 Å². The van der Waals surface area contributed by atoms with Gasteiger partial charge in [0.1, 0.15) is 0 Å². The van der Waals surface area contributed by atoms with Crippen molar-refractivity contribution in [1.29, 1.82) is 0 Å². The van der Waals surface area contributed by atoms with E-state index in [-0.39, 0.29) is 5.01 Å². The minimum atomic E-state index is -0.983. The monoisotopic (exact) mass is 258 g/mol. The third-order valence-corrected chi connectivity index (χ3v) is 3.67. The van der Waals surface area contributed by atoms with Gasteiger partial charge in [-0.2, -0.15) is 0 Å². The van der Waals surface area contributed by atoms with Crippen molar-refractivity contribution in [3.8, 4) is 11.3 Å². The largest absolute Gasteiger partial charge is 0.476 e. The molecule has 90 valence electrons. The van der Waals surface area contributed by atoms with E-state index in [0.29, 0.717) is 5.69 Å². The predicted octanol–water partition coefficient (Wildman–Crippen LogP) is 3.30. The number of rotatable bonds is 2. The molecule has 0 fully saturated rings. The lowest BCUT2D eigenvalue weighted by Gasteiger charge is -1.95. The summed E-state index contributed by atoms with van der Waals surface area (Å²) in [6.07, 6.45) is 0. The standard InChI is InChI=1S/C13H10N2O2S/c1-7-11(8-4-2-3-5-9(8)14-7)10-6-18-12(15-10)13(16)17/h2-6,14H,1H3,(H,16,17). The summed E-state index contributed by atoms with van der Waals surface area (Å²) in [6, 6.07) is 7.93.